The number of nitrogens with two attached hydrogens (primary N) is 1. The Bertz CT molecular complexity index is 409. The van der Waals surface area contributed by atoms with Crippen LogP contribution in [0.1, 0.15) is 19.4 Å². The predicted octanol–water partition coefficient (Wildman–Crippen LogP) is 2.30. The Morgan fingerprint density at radius 2 is 2.06 bits per heavy atom. The number of nitrogens with one attached hydrogen (secondary N) is 1. The summed E-state index contributed by atoms with van der Waals surface area (Å²) in [6.45, 7) is 4.25. The second-order valence-corrected chi connectivity index (χ2v) is 4.46. The van der Waals surface area contributed by atoms with Crippen LogP contribution in [0.3, 0.4) is 0 Å². The van der Waals surface area contributed by atoms with Crippen LogP contribution in [-0.4, -0.2) is 12.5 Å². The molecule has 0 aromatic heterocycles. The van der Waals surface area contributed by atoms with Crippen molar-refractivity contribution in [3.8, 4) is 0 Å². The van der Waals surface area contributed by atoms with Crippen LogP contribution >= 0.6 is 23.2 Å². The molecule has 0 bridgehead atoms. The minimum Gasteiger partial charge on any atom is -0.368 e. The first-order valence-electron chi connectivity index (χ1n) is 4.92. The second-order valence-electron chi connectivity index (χ2n) is 3.65. The van der Waals surface area contributed by atoms with Crippen molar-refractivity contribution in [1.29, 1.82) is 0 Å². The van der Waals surface area contributed by atoms with Crippen molar-refractivity contribution in [3.63, 3.8) is 0 Å². The molecule has 88 valence electrons. The van der Waals surface area contributed by atoms with E-state index in [-0.39, 0.29) is 0 Å². The van der Waals surface area contributed by atoms with E-state index in [1.165, 1.54) is 0 Å². The molecule has 0 saturated heterocycles. The van der Waals surface area contributed by atoms with Crippen molar-refractivity contribution in [2.75, 3.05) is 6.54 Å². The van der Waals surface area contributed by atoms with Crippen LogP contribution in [0.4, 0.5) is 0 Å². The molecule has 0 spiro atoms. The molecule has 3 N–H and O–H groups in total. The van der Waals surface area contributed by atoms with Crippen LogP contribution in [0, 0.1) is 0 Å². The third-order valence-electron chi connectivity index (χ3n) is 2.52. The van der Waals surface area contributed by atoms with Gasteiger partial charge in [-0.1, -0.05) is 36.2 Å². The van der Waals surface area contributed by atoms with E-state index < -0.39 is 11.4 Å². The summed E-state index contributed by atoms with van der Waals surface area (Å²) in [5.74, 6) is -0.451. The third-order valence-corrected chi connectivity index (χ3v) is 3.26. The van der Waals surface area contributed by atoms with Gasteiger partial charge in [0.2, 0.25) is 5.91 Å². The van der Waals surface area contributed by atoms with Gasteiger partial charge in [0.05, 0.1) is 10.0 Å². The molecule has 0 aliphatic rings. The number of carbonyl (C=O) groups excluding carboxylic acids is 1. The van der Waals surface area contributed by atoms with Crippen molar-refractivity contribution in [3.05, 3.63) is 33.8 Å². The van der Waals surface area contributed by atoms with Gasteiger partial charge in [-0.15, -0.1) is 0 Å². The van der Waals surface area contributed by atoms with Gasteiger partial charge in [0.1, 0.15) is 5.54 Å². The number of rotatable bonds is 4. The monoisotopic (exact) mass is 260 g/mol. The number of carbonyl (C=O) groups is 1. The van der Waals surface area contributed by atoms with Crippen molar-refractivity contribution >= 4 is 29.1 Å². The van der Waals surface area contributed by atoms with Gasteiger partial charge in [-0.2, -0.15) is 0 Å². The van der Waals surface area contributed by atoms with Crippen molar-refractivity contribution in [1.82, 2.24) is 5.32 Å². The van der Waals surface area contributed by atoms with Crippen LogP contribution in [-0.2, 0) is 10.3 Å². The summed E-state index contributed by atoms with van der Waals surface area (Å²) in [4.78, 5) is 11.5. The van der Waals surface area contributed by atoms with Gasteiger partial charge in [0.15, 0.2) is 0 Å². The van der Waals surface area contributed by atoms with Gasteiger partial charge in [0.25, 0.3) is 0 Å². The quantitative estimate of drug-likeness (QED) is 0.873. The molecule has 16 heavy (non-hydrogen) atoms. The van der Waals surface area contributed by atoms with E-state index >= 15 is 0 Å². The summed E-state index contributed by atoms with van der Waals surface area (Å²) in [5, 5.41) is 3.90. The average Bonchev–Trinajstić information content (AvgIpc) is 2.22. The molecule has 0 saturated carbocycles. The summed E-state index contributed by atoms with van der Waals surface area (Å²) in [5.41, 5.74) is 5.18. The van der Waals surface area contributed by atoms with Crippen molar-refractivity contribution in [2.45, 2.75) is 19.4 Å². The minimum atomic E-state index is -0.928. The first-order valence-corrected chi connectivity index (χ1v) is 5.68. The summed E-state index contributed by atoms with van der Waals surface area (Å²) < 4.78 is 0. The molecule has 1 aromatic rings. The lowest BCUT2D eigenvalue weighted by Crippen LogP contribution is -2.50. The van der Waals surface area contributed by atoms with Gasteiger partial charge in [0, 0.05) is 0 Å². The molecule has 1 atom stereocenters. The number of primary amides is 1. The molecule has 5 heteroatoms. The van der Waals surface area contributed by atoms with Gasteiger partial charge < -0.3 is 11.1 Å². The molecule has 0 radical (unpaired) electrons. The lowest BCUT2D eigenvalue weighted by Gasteiger charge is -2.27. The Morgan fingerprint density at radius 1 is 1.44 bits per heavy atom. The highest BCUT2D eigenvalue weighted by molar-refractivity contribution is 6.42. The SMILES string of the molecule is CCNC(C)(C(N)=O)c1ccc(Cl)c(Cl)c1. The van der Waals surface area contributed by atoms with E-state index in [9.17, 15) is 4.79 Å². The van der Waals surface area contributed by atoms with E-state index in [0.717, 1.165) is 0 Å². The molecule has 0 aliphatic carbocycles. The van der Waals surface area contributed by atoms with Gasteiger partial charge in [-0.25, -0.2) is 0 Å². The Labute approximate surface area is 105 Å². The molecular weight excluding hydrogens is 247 g/mol. The summed E-state index contributed by atoms with van der Waals surface area (Å²) >= 11 is 11.7. The average molecular weight is 261 g/mol. The largest absolute Gasteiger partial charge is 0.368 e. The molecule has 1 unspecified atom stereocenters. The Balaban J connectivity index is 3.21. The maximum Gasteiger partial charge on any atom is 0.242 e. The van der Waals surface area contributed by atoms with Gasteiger partial charge in [-0.3, -0.25) is 4.79 Å². The molecule has 0 fully saturated rings. The number of hydrogen-bond donors (Lipinski definition) is 2. The highest BCUT2D eigenvalue weighted by Crippen LogP contribution is 2.28. The highest BCUT2D eigenvalue weighted by Gasteiger charge is 2.32. The standard InChI is InChI=1S/C11H14Cl2N2O/c1-3-15-11(2,10(14)16)7-4-5-8(12)9(13)6-7/h4-6,15H,3H2,1-2H3,(H2,14,16). The van der Waals surface area contributed by atoms with E-state index in [0.29, 0.717) is 22.2 Å². The van der Waals surface area contributed by atoms with Crippen LogP contribution in [0.5, 0.6) is 0 Å². The normalized spacial score (nSPS) is 14.5. The molecule has 3 nitrogen and oxygen atoms in total. The molecule has 1 aromatic carbocycles. The molecule has 1 amide bonds. The second kappa shape index (κ2) is 5.04. The van der Waals surface area contributed by atoms with E-state index in [1.807, 2.05) is 6.92 Å². The van der Waals surface area contributed by atoms with E-state index in [1.54, 1.807) is 25.1 Å². The number of benzene rings is 1. The molecule has 1 rings (SSSR count). The zero-order valence-corrected chi connectivity index (χ0v) is 10.7. The van der Waals surface area contributed by atoms with Crippen LogP contribution in [0.2, 0.25) is 10.0 Å². The zero-order valence-electron chi connectivity index (χ0n) is 9.18. The molecular formula is C11H14Cl2N2O. The van der Waals surface area contributed by atoms with Gasteiger partial charge in [-0.05, 0) is 31.2 Å². The summed E-state index contributed by atoms with van der Waals surface area (Å²) in [7, 11) is 0. The fourth-order valence-corrected chi connectivity index (χ4v) is 1.79. The fraction of sp³-hybridized carbons (Fsp3) is 0.364. The number of likely N-dealkylation sites (N-methyl/N-ethyl adjacent to an activating group) is 1. The highest BCUT2D eigenvalue weighted by atomic mass is 35.5. The van der Waals surface area contributed by atoms with Crippen LogP contribution in [0.15, 0.2) is 18.2 Å². The Morgan fingerprint density at radius 3 is 2.50 bits per heavy atom. The summed E-state index contributed by atoms with van der Waals surface area (Å²) in [6, 6.07) is 5.04. The van der Waals surface area contributed by atoms with E-state index in [4.69, 9.17) is 28.9 Å². The minimum absolute atomic E-state index is 0.407. The first-order chi connectivity index (χ1) is 7.41. The van der Waals surface area contributed by atoms with Crippen molar-refractivity contribution in [2.24, 2.45) is 5.73 Å². The topological polar surface area (TPSA) is 55.1 Å². The smallest absolute Gasteiger partial charge is 0.242 e. The van der Waals surface area contributed by atoms with Crippen LogP contribution < -0.4 is 11.1 Å². The third kappa shape index (κ3) is 2.48. The Hall–Kier alpha value is -0.770. The maximum absolute atomic E-state index is 11.5. The van der Waals surface area contributed by atoms with E-state index in [2.05, 4.69) is 5.32 Å². The van der Waals surface area contributed by atoms with Crippen LogP contribution in [0.25, 0.3) is 0 Å². The zero-order chi connectivity index (χ0) is 12.3. The Kier molecular flexibility index (Phi) is 4.19. The molecule has 0 heterocycles. The van der Waals surface area contributed by atoms with Gasteiger partial charge >= 0.3 is 0 Å². The number of amides is 1. The predicted molar refractivity (Wildman–Crippen MR) is 66.7 cm³/mol. The number of hydrogen-bond acceptors (Lipinski definition) is 2. The summed E-state index contributed by atoms with van der Waals surface area (Å²) in [6.07, 6.45) is 0. The molecule has 0 aliphatic heterocycles. The fourth-order valence-electron chi connectivity index (χ4n) is 1.49. The maximum atomic E-state index is 11.5. The lowest BCUT2D eigenvalue weighted by molar-refractivity contribution is -0.124. The van der Waals surface area contributed by atoms with Crippen molar-refractivity contribution < 1.29 is 4.79 Å². The lowest BCUT2D eigenvalue weighted by atomic mass is 9.91. The number of halogens is 2. The first kappa shape index (κ1) is 13.3.